The molecule has 18 aromatic carbocycles. The summed E-state index contributed by atoms with van der Waals surface area (Å²) in [5, 5.41) is 12.3. The average molecular weight is 1270 g/mol. The third-order valence-electron chi connectivity index (χ3n) is 20.1. The second-order valence-corrected chi connectivity index (χ2v) is 25.9. The summed E-state index contributed by atoms with van der Waals surface area (Å²) in [6.45, 7) is 0. The van der Waals surface area contributed by atoms with Crippen LogP contribution in [0.4, 0.5) is 34.1 Å². The van der Waals surface area contributed by atoms with Crippen LogP contribution in [0.1, 0.15) is 0 Å². The molecular weight excluding hydrogens is 1210 g/mol. The van der Waals surface area contributed by atoms with E-state index in [0.717, 1.165) is 50.8 Å². The number of anilines is 6. The Labute approximate surface area is 583 Å². The van der Waals surface area contributed by atoms with E-state index in [0.29, 0.717) is 0 Å². The first kappa shape index (κ1) is 59.4. The number of benzene rings is 18. The summed E-state index contributed by atoms with van der Waals surface area (Å²) in [6.07, 6.45) is 0. The van der Waals surface area contributed by atoms with E-state index in [9.17, 15) is 0 Å². The van der Waals surface area contributed by atoms with Crippen molar-refractivity contribution in [3.63, 3.8) is 0 Å². The number of nitrogens with zero attached hydrogens (tertiary/aromatic N) is 2. The van der Waals surface area contributed by atoms with E-state index in [-0.39, 0.29) is 0 Å². The van der Waals surface area contributed by atoms with Gasteiger partial charge in [-0.15, -0.1) is 0 Å². The molecule has 18 rings (SSSR count). The first-order chi connectivity index (χ1) is 49.6. The van der Waals surface area contributed by atoms with Crippen molar-refractivity contribution in [3.8, 4) is 89.0 Å². The van der Waals surface area contributed by atoms with E-state index in [4.69, 9.17) is 0 Å². The molecule has 0 bridgehead atoms. The monoisotopic (exact) mass is 1270 g/mol. The molecule has 468 valence electrons. The lowest BCUT2D eigenvalue weighted by Crippen LogP contribution is -2.11. The van der Waals surface area contributed by atoms with Crippen molar-refractivity contribution in [2.75, 3.05) is 9.80 Å². The van der Waals surface area contributed by atoms with Crippen LogP contribution in [0.2, 0.25) is 0 Å². The molecule has 18 aromatic rings. The summed E-state index contributed by atoms with van der Waals surface area (Å²) in [6, 6.07) is 147. The van der Waals surface area contributed by atoms with Crippen LogP contribution in [0, 0.1) is 0 Å². The highest BCUT2D eigenvalue weighted by molar-refractivity contribution is 6.05. The first-order valence-corrected chi connectivity index (χ1v) is 34.4. The molecule has 100 heavy (non-hydrogen) atoms. The summed E-state index contributed by atoms with van der Waals surface area (Å²) in [5.74, 6) is 0. The zero-order valence-corrected chi connectivity index (χ0v) is 55.0. The molecule has 0 saturated heterocycles. The highest BCUT2D eigenvalue weighted by Crippen LogP contribution is 2.46. The van der Waals surface area contributed by atoms with Crippen molar-refractivity contribution >= 4 is 88.0 Å². The maximum atomic E-state index is 2.44. The van der Waals surface area contributed by atoms with Gasteiger partial charge in [0.1, 0.15) is 0 Å². The molecule has 2 nitrogen and oxygen atoms in total. The van der Waals surface area contributed by atoms with Crippen molar-refractivity contribution in [1.29, 1.82) is 0 Å². The third kappa shape index (κ3) is 11.2. The molecule has 0 aliphatic rings. The molecule has 0 amide bonds. The van der Waals surface area contributed by atoms with E-state index in [1.165, 1.54) is 126 Å². The Hall–Kier alpha value is -13.1. The molecular formula is C98H66N2. The van der Waals surface area contributed by atoms with Crippen LogP contribution in [-0.4, -0.2) is 0 Å². The molecule has 0 atom stereocenters. The number of fused-ring (bicyclic) bond motifs is 5. The molecule has 0 saturated carbocycles. The van der Waals surface area contributed by atoms with Crippen LogP contribution in [0.25, 0.3) is 143 Å². The van der Waals surface area contributed by atoms with E-state index in [1.54, 1.807) is 0 Å². The van der Waals surface area contributed by atoms with Gasteiger partial charge in [0.2, 0.25) is 0 Å². The van der Waals surface area contributed by atoms with Gasteiger partial charge in [-0.05, 0) is 216 Å². The summed E-state index contributed by atoms with van der Waals surface area (Å²) in [4.78, 5) is 4.79. The van der Waals surface area contributed by atoms with Crippen molar-refractivity contribution in [1.82, 2.24) is 0 Å². The number of hydrogen-bond acceptors (Lipinski definition) is 2. The summed E-state index contributed by atoms with van der Waals surface area (Å²) in [7, 11) is 0. The van der Waals surface area contributed by atoms with Crippen molar-refractivity contribution < 1.29 is 0 Å². The van der Waals surface area contributed by atoms with Crippen molar-refractivity contribution in [3.05, 3.63) is 400 Å². The topological polar surface area (TPSA) is 6.48 Å². The quantitative estimate of drug-likeness (QED) is 0.107. The first-order valence-electron chi connectivity index (χ1n) is 34.4. The van der Waals surface area contributed by atoms with Gasteiger partial charge in [0.05, 0.1) is 5.69 Å². The van der Waals surface area contributed by atoms with Crippen LogP contribution in [0.5, 0.6) is 0 Å². The highest BCUT2D eigenvalue weighted by Gasteiger charge is 2.21. The molecule has 0 aliphatic heterocycles. The molecule has 0 fully saturated rings. The molecule has 2 heteroatoms. The highest BCUT2D eigenvalue weighted by atomic mass is 15.1. The van der Waals surface area contributed by atoms with Crippen molar-refractivity contribution in [2.24, 2.45) is 0 Å². The maximum Gasteiger partial charge on any atom is 0.0540 e. The van der Waals surface area contributed by atoms with Crippen molar-refractivity contribution in [2.45, 2.75) is 0 Å². The Balaban J connectivity index is 0.641. The second kappa shape index (κ2) is 25.8. The van der Waals surface area contributed by atoms with Crippen LogP contribution in [-0.2, 0) is 0 Å². The van der Waals surface area contributed by atoms with Crippen LogP contribution in [0.3, 0.4) is 0 Å². The van der Waals surface area contributed by atoms with Gasteiger partial charge in [-0.3, -0.25) is 0 Å². The SMILES string of the molecule is c1ccc(N(c2ccc(-c3ccc(-c4cccc5ccc(-c6ccc7c(-c8cccc(N(c9ccc(-c%10ccc(-c%11cccc%12ccccc%11%12)cc%10)cc9)c9ccccc9-c9cccc%10ccccc9%10)c8)cccc7c6)cc45)cc3)cc2)c2cccc(-c3cccc4ccccc34)c2)cc1. The fraction of sp³-hybridized carbons (Fsp3) is 0. The average Bonchev–Trinajstić information content (AvgIpc) is 0.775. The minimum absolute atomic E-state index is 1.07. The van der Waals surface area contributed by atoms with Crippen LogP contribution >= 0.6 is 0 Å². The minimum atomic E-state index is 1.07. The Morgan fingerprint density at radius 2 is 0.450 bits per heavy atom. The van der Waals surface area contributed by atoms with Gasteiger partial charge < -0.3 is 9.80 Å². The molecule has 0 aromatic heterocycles. The molecule has 0 heterocycles. The van der Waals surface area contributed by atoms with E-state index in [1.807, 2.05) is 0 Å². The lowest BCUT2D eigenvalue weighted by atomic mass is 9.92. The smallest absolute Gasteiger partial charge is 0.0540 e. The Bertz CT molecular complexity index is 6060. The second-order valence-electron chi connectivity index (χ2n) is 25.9. The predicted octanol–water partition coefficient (Wildman–Crippen LogP) is 27.7. The standard InChI is InChI=1S/C98H66N2/c1-2-29-82(30-3-1)99(85-31-12-26-80(64-85)92-39-15-23-72-20-5-8-34-88(72)92)83-58-53-69(54-59-83)68-45-49-76(50-46-68)91-38-16-25-74-51-52-78(66-97(74)91)77-57-62-94-79(63-77)28-18-40-93(94)81-27-13-32-86(65-81)100(98-42-11-10-36-96(98)95-41-17-24-73-21-6-9-35-90(73)95)84-60-55-70(56-61-84)67-43-47-75(48-44-67)89-37-14-22-71-19-4-7-33-87(71)89/h1-66H. The van der Waals surface area contributed by atoms with E-state index < -0.39 is 0 Å². The largest absolute Gasteiger partial charge is 0.310 e. The molecule has 0 radical (unpaired) electrons. The van der Waals surface area contributed by atoms with Gasteiger partial charge in [0.15, 0.2) is 0 Å². The van der Waals surface area contributed by atoms with Crippen LogP contribution in [0.15, 0.2) is 400 Å². The zero-order valence-electron chi connectivity index (χ0n) is 55.0. The Kier molecular flexibility index (Phi) is 15.3. The fourth-order valence-electron chi connectivity index (χ4n) is 15.1. The fourth-order valence-corrected chi connectivity index (χ4v) is 15.1. The Morgan fingerprint density at radius 1 is 0.130 bits per heavy atom. The van der Waals surface area contributed by atoms with Gasteiger partial charge >= 0.3 is 0 Å². The Morgan fingerprint density at radius 3 is 1.00 bits per heavy atom. The van der Waals surface area contributed by atoms with Gasteiger partial charge in [-0.1, -0.05) is 322 Å². The minimum Gasteiger partial charge on any atom is -0.310 e. The van der Waals surface area contributed by atoms with Crippen LogP contribution < -0.4 is 9.80 Å². The summed E-state index contributed by atoms with van der Waals surface area (Å²) in [5.41, 5.74) is 25.5. The summed E-state index contributed by atoms with van der Waals surface area (Å²) < 4.78 is 0. The normalized spacial score (nSPS) is 11.4. The van der Waals surface area contributed by atoms with Gasteiger partial charge in [-0.2, -0.15) is 0 Å². The van der Waals surface area contributed by atoms with Gasteiger partial charge in [0, 0.05) is 34.0 Å². The number of hydrogen-bond donors (Lipinski definition) is 0. The summed E-state index contributed by atoms with van der Waals surface area (Å²) >= 11 is 0. The molecule has 0 unspecified atom stereocenters. The molecule has 0 spiro atoms. The maximum absolute atomic E-state index is 2.44. The predicted molar refractivity (Wildman–Crippen MR) is 427 cm³/mol. The molecule has 0 aliphatic carbocycles. The third-order valence-corrected chi connectivity index (χ3v) is 20.1. The lowest BCUT2D eigenvalue weighted by Gasteiger charge is -2.29. The van der Waals surface area contributed by atoms with E-state index in [2.05, 4.69) is 410 Å². The van der Waals surface area contributed by atoms with E-state index >= 15 is 0 Å². The molecule has 0 N–H and O–H groups in total. The lowest BCUT2D eigenvalue weighted by molar-refractivity contribution is 1.28. The number of para-hydroxylation sites is 2. The number of rotatable bonds is 14. The van der Waals surface area contributed by atoms with Gasteiger partial charge in [-0.25, -0.2) is 0 Å². The zero-order chi connectivity index (χ0) is 66.3. The van der Waals surface area contributed by atoms with Gasteiger partial charge in [0.25, 0.3) is 0 Å².